The molecule has 1 heterocycles. The van der Waals surface area contributed by atoms with Gasteiger partial charge in [-0.3, -0.25) is 14.4 Å². The molecule has 0 unspecified atom stereocenters. The molecule has 1 aromatic carbocycles. The number of rotatable bonds is 3. The van der Waals surface area contributed by atoms with Crippen LogP contribution in [0.25, 0.3) is 6.08 Å². The molecule has 1 aliphatic rings. The Kier molecular flexibility index (Phi) is 4.07. The molecular formula is C15H10F2O4. The third kappa shape index (κ3) is 3.28. The van der Waals surface area contributed by atoms with Gasteiger partial charge in [-0.15, -0.1) is 0 Å². The third-order valence-electron chi connectivity index (χ3n) is 2.80. The minimum atomic E-state index is -1.60. The maximum Gasteiger partial charge on any atom is 0.329 e. The molecule has 0 radical (unpaired) electrons. The zero-order valence-corrected chi connectivity index (χ0v) is 10.9. The van der Waals surface area contributed by atoms with Crippen LogP contribution in [0.3, 0.4) is 0 Å². The van der Waals surface area contributed by atoms with Gasteiger partial charge in [0, 0.05) is 11.6 Å². The summed E-state index contributed by atoms with van der Waals surface area (Å²) in [5, 5.41) is 0. The van der Waals surface area contributed by atoms with E-state index >= 15 is 0 Å². The highest BCUT2D eigenvalue weighted by atomic mass is 19.1. The van der Waals surface area contributed by atoms with Crippen molar-refractivity contribution in [1.29, 1.82) is 0 Å². The van der Waals surface area contributed by atoms with Crippen LogP contribution < -0.4 is 0 Å². The van der Waals surface area contributed by atoms with Crippen LogP contribution in [0.2, 0.25) is 0 Å². The fourth-order valence-corrected chi connectivity index (χ4v) is 1.81. The van der Waals surface area contributed by atoms with Crippen molar-refractivity contribution in [2.75, 3.05) is 0 Å². The molecule has 0 bridgehead atoms. The summed E-state index contributed by atoms with van der Waals surface area (Å²) >= 11 is 0. The molecule has 0 aliphatic carbocycles. The largest absolute Gasteiger partial charge is 0.430 e. The molecule has 108 valence electrons. The van der Waals surface area contributed by atoms with Crippen molar-refractivity contribution in [3.63, 3.8) is 0 Å². The van der Waals surface area contributed by atoms with E-state index in [1.54, 1.807) is 0 Å². The summed E-state index contributed by atoms with van der Waals surface area (Å²) in [4.78, 5) is 35.0. The van der Waals surface area contributed by atoms with Crippen molar-refractivity contribution >= 4 is 23.6 Å². The SMILES string of the molecule is CC1=CC(=O)[C@H](C(=O)/C=C\c2cc(F)ccc2F)C(=O)O1. The lowest BCUT2D eigenvalue weighted by Gasteiger charge is -2.15. The molecule has 0 saturated heterocycles. The molecule has 2 rings (SSSR count). The van der Waals surface area contributed by atoms with Crippen molar-refractivity contribution < 1.29 is 27.9 Å². The van der Waals surface area contributed by atoms with Crippen LogP contribution in [0.4, 0.5) is 8.78 Å². The Morgan fingerprint density at radius 2 is 2.00 bits per heavy atom. The van der Waals surface area contributed by atoms with Gasteiger partial charge < -0.3 is 4.74 Å². The number of cyclic esters (lactones) is 1. The molecule has 4 nitrogen and oxygen atoms in total. The zero-order chi connectivity index (χ0) is 15.6. The summed E-state index contributed by atoms with van der Waals surface area (Å²) in [5.41, 5.74) is -0.160. The molecule has 0 spiro atoms. The normalized spacial score (nSPS) is 18.6. The zero-order valence-electron chi connectivity index (χ0n) is 10.9. The Balaban J connectivity index is 2.22. The first-order valence-electron chi connectivity index (χ1n) is 5.99. The Hall–Kier alpha value is -2.63. The third-order valence-corrected chi connectivity index (χ3v) is 2.80. The number of ether oxygens (including phenoxy) is 1. The van der Waals surface area contributed by atoms with Gasteiger partial charge >= 0.3 is 5.97 Å². The molecule has 0 aromatic heterocycles. The van der Waals surface area contributed by atoms with E-state index in [-0.39, 0.29) is 11.3 Å². The number of benzene rings is 1. The Labute approximate surface area is 118 Å². The highest BCUT2D eigenvalue weighted by Crippen LogP contribution is 2.17. The summed E-state index contributed by atoms with van der Waals surface area (Å²) < 4.78 is 31.0. The van der Waals surface area contributed by atoms with Gasteiger partial charge in [-0.1, -0.05) is 0 Å². The van der Waals surface area contributed by atoms with Crippen molar-refractivity contribution in [3.05, 3.63) is 53.3 Å². The summed E-state index contributed by atoms with van der Waals surface area (Å²) in [6.07, 6.45) is 2.91. The minimum absolute atomic E-state index is 0.106. The van der Waals surface area contributed by atoms with E-state index in [0.29, 0.717) is 0 Å². The van der Waals surface area contributed by atoms with E-state index in [2.05, 4.69) is 0 Å². The van der Waals surface area contributed by atoms with E-state index in [9.17, 15) is 23.2 Å². The number of hydrogen-bond acceptors (Lipinski definition) is 4. The molecule has 6 heteroatoms. The second-order valence-corrected chi connectivity index (χ2v) is 4.41. The predicted octanol–water partition coefficient (Wildman–Crippen LogP) is 2.19. The first-order valence-corrected chi connectivity index (χ1v) is 5.99. The molecule has 0 amide bonds. The quantitative estimate of drug-likeness (QED) is 0.487. The van der Waals surface area contributed by atoms with Crippen LogP contribution >= 0.6 is 0 Å². The number of esters is 1. The monoisotopic (exact) mass is 292 g/mol. The molecule has 21 heavy (non-hydrogen) atoms. The highest BCUT2D eigenvalue weighted by Gasteiger charge is 2.36. The van der Waals surface area contributed by atoms with Crippen LogP contribution in [-0.2, 0) is 19.1 Å². The lowest BCUT2D eigenvalue weighted by atomic mass is 9.96. The van der Waals surface area contributed by atoms with Gasteiger partial charge in [0.1, 0.15) is 17.4 Å². The van der Waals surface area contributed by atoms with E-state index < -0.39 is 35.1 Å². The van der Waals surface area contributed by atoms with E-state index in [1.165, 1.54) is 6.92 Å². The summed E-state index contributed by atoms with van der Waals surface area (Å²) in [7, 11) is 0. The minimum Gasteiger partial charge on any atom is -0.430 e. The molecule has 0 N–H and O–H groups in total. The van der Waals surface area contributed by atoms with Gasteiger partial charge in [0.05, 0.1) is 0 Å². The summed E-state index contributed by atoms with van der Waals surface area (Å²) in [5.74, 6) is -5.41. The molecular weight excluding hydrogens is 282 g/mol. The number of halogens is 2. The Morgan fingerprint density at radius 1 is 1.29 bits per heavy atom. The standard InChI is InChI=1S/C15H10F2O4/c1-8-6-13(19)14(15(20)21-8)12(18)5-2-9-7-10(16)3-4-11(9)17/h2-7,14H,1H3/b5-2-/t14-/m0/s1. The van der Waals surface area contributed by atoms with Crippen LogP contribution in [0, 0.1) is 17.6 Å². The number of hydrogen-bond donors (Lipinski definition) is 0. The highest BCUT2D eigenvalue weighted by molar-refractivity contribution is 6.25. The number of ketones is 2. The number of carbonyl (C=O) groups excluding carboxylic acids is 3. The van der Waals surface area contributed by atoms with Crippen molar-refractivity contribution in [1.82, 2.24) is 0 Å². The first-order chi connectivity index (χ1) is 9.88. The molecule has 1 aliphatic heterocycles. The van der Waals surface area contributed by atoms with Crippen LogP contribution in [-0.4, -0.2) is 17.5 Å². The maximum atomic E-state index is 13.4. The van der Waals surface area contributed by atoms with E-state index in [0.717, 1.165) is 36.4 Å². The Bertz CT molecular complexity index is 689. The maximum absolute atomic E-state index is 13.4. The average molecular weight is 292 g/mol. The predicted molar refractivity (Wildman–Crippen MR) is 68.7 cm³/mol. The van der Waals surface area contributed by atoms with E-state index in [1.807, 2.05) is 0 Å². The van der Waals surface area contributed by atoms with Gasteiger partial charge in [-0.05, 0) is 37.3 Å². The smallest absolute Gasteiger partial charge is 0.329 e. The Morgan fingerprint density at radius 3 is 2.67 bits per heavy atom. The van der Waals surface area contributed by atoms with Gasteiger partial charge in [0.25, 0.3) is 0 Å². The van der Waals surface area contributed by atoms with Crippen molar-refractivity contribution in [2.24, 2.45) is 5.92 Å². The van der Waals surface area contributed by atoms with Crippen molar-refractivity contribution in [2.45, 2.75) is 6.92 Å². The summed E-state index contributed by atoms with van der Waals surface area (Å²) in [6, 6.07) is 2.74. The first kappa shape index (κ1) is 14.8. The van der Waals surface area contributed by atoms with Gasteiger partial charge in [-0.25, -0.2) is 8.78 Å². The van der Waals surface area contributed by atoms with Crippen LogP contribution in [0.5, 0.6) is 0 Å². The second kappa shape index (κ2) is 5.78. The van der Waals surface area contributed by atoms with Crippen LogP contribution in [0.1, 0.15) is 12.5 Å². The average Bonchev–Trinajstić information content (AvgIpc) is 2.38. The second-order valence-electron chi connectivity index (χ2n) is 4.41. The van der Waals surface area contributed by atoms with Gasteiger partial charge in [0.15, 0.2) is 17.5 Å². The van der Waals surface area contributed by atoms with Crippen molar-refractivity contribution in [3.8, 4) is 0 Å². The molecule has 0 fully saturated rings. The fraction of sp³-hybridized carbons (Fsp3) is 0.133. The lowest BCUT2D eigenvalue weighted by molar-refractivity contribution is -0.151. The number of carbonyl (C=O) groups is 3. The number of allylic oxidation sites excluding steroid dienone is 3. The topological polar surface area (TPSA) is 60.4 Å². The summed E-state index contributed by atoms with van der Waals surface area (Å²) in [6.45, 7) is 1.41. The molecule has 0 saturated carbocycles. The van der Waals surface area contributed by atoms with E-state index in [4.69, 9.17) is 4.74 Å². The van der Waals surface area contributed by atoms with Crippen LogP contribution in [0.15, 0.2) is 36.1 Å². The molecule has 1 atom stereocenters. The fourth-order valence-electron chi connectivity index (χ4n) is 1.81. The van der Waals surface area contributed by atoms with Gasteiger partial charge in [-0.2, -0.15) is 0 Å². The molecule has 1 aromatic rings. The van der Waals surface area contributed by atoms with Gasteiger partial charge in [0.2, 0.25) is 0 Å². The lowest BCUT2D eigenvalue weighted by Crippen LogP contribution is -2.34.